The molecule has 0 radical (unpaired) electrons. The Morgan fingerprint density at radius 2 is 2.00 bits per heavy atom. The first-order chi connectivity index (χ1) is 8.13. The third-order valence-electron chi connectivity index (χ3n) is 3.79. The smallest absolute Gasteiger partial charge is 0.0678 e. The summed E-state index contributed by atoms with van der Waals surface area (Å²) in [5.41, 5.74) is 0.311. The normalized spacial score (nSPS) is 39.7. The van der Waals surface area contributed by atoms with Crippen LogP contribution in [0, 0.1) is 5.41 Å². The Hall–Kier alpha value is -0.160. The fourth-order valence-electron chi connectivity index (χ4n) is 3.23. The summed E-state index contributed by atoms with van der Waals surface area (Å²) in [7, 11) is 2.03. The largest absolute Gasteiger partial charge is 0.381 e. The standard InChI is InChI=1S/C13H26N2O2/c1-11-6-15(7-12(2)17-11)9-13(8-14-3)4-5-16-10-13/h11-12,14H,4-10H2,1-3H3/t11-,12+,13?. The van der Waals surface area contributed by atoms with Gasteiger partial charge in [0, 0.05) is 38.2 Å². The highest BCUT2D eigenvalue weighted by molar-refractivity contribution is 4.89. The molecule has 0 aromatic rings. The van der Waals surface area contributed by atoms with E-state index < -0.39 is 0 Å². The minimum atomic E-state index is 0.311. The van der Waals surface area contributed by atoms with Gasteiger partial charge in [-0.3, -0.25) is 4.90 Å². The predicted molar refractivity (Wildman–Crippen MR) is 68.2 cm³/mol. The molecular weight excluding hydrogens is 216 g/mol. The first-order valence-corrected chi connectivity index (χ1v) is 6.74. The molecule has 2 saturated heterocycles. The predicted octanol–water partition coefficient (Wildman–Crippen LogP) is 0.722. The number of hydrogen-bond acceptors (Lipinski definition) is 4. The van der Waals surface area contributed by atoms with Crippen molar-refractivity contribution >= 4 is 0 Å². The number of hydrogen-bond donors (Lipinski definition) is 1. The molecular formula is C13H26N2O2. The Bertz CT molecular complexity index is 232. The topological polar surface area (TPSA) is 33.7 Å². The fourth-order valence-corrected chi connectivity index (χ4v) is 3.23. The first-order valence-electron chi connectivity index (χ1n) is 6.74. The molecule has 0 saturated carbocycles. The van der Waals surface area contributed by atoms with Crippen molar-refractivity contribution in [1.29, 1.82) is 0 Å². The van der Waals surface area contributed by atoms with Crippen LogP contribution in [0.25, 0.3) is 0 Å². The lowest BCUT2D eigenvalue weighted by molar-refractivity contribution is -0.0779. The molecule has 0 spiro atoms. The monoisotopic (exact) mass is 242 g/mol. The Labute approximate surface area is 105 Å². The van der Waals surface area contributed by atoms with E-state index in [1.54, 1.807) is 0 Å². The van der Waals surface area contributed by atoms with Crippen molar-refractivity contribution in [3.8, 4) is 0 Å². The number of morpholine rings is 1. The molecule has 4 heteroatoms. The molecule has 2 fully saturated rings. The van der Waals surface area contributed by atoms with Gasteiger partial charge in [0.15, 0.2) is 0 Å². The number of rotatable bonds is 4. The van der Waals surface area contributed by atoms with Gasteiger partial charge in [-0.15, -0.1) is 0 Å². The highest BCUT2D eigenvalue weighted by Gasteiger charge is 2.37. The highest BCUT2D eigenvalue weighted by atomic mass is 16.5. The van der Waals surface area contributed by atoms with Crippen LogP contribution in [0.15, 0.2) is 0 Å². The van der Waals surface area contributed by atoms with E-state index in [1.807, 2.05) is 7.05 Å². The lowest BCUT2D eigenvalue weighted by atomic mass is 9.86. The van der Waals surface area contributed by atoms with E-state index in [2.05, 4.69) is 24.1 Å². The van der Waals surface area contributed by atoms with Crippen LogP contribution in [-0.4, -0.2) is 63.5 Å². The van der Waals surface area contributed by atoms with Crippen molar-refractivity contribution in [2.45, 2.75) is 32.5 Å². The minimum absolute atomic E-state index is 0.311. The summed E-state index contributed by atoms with van der Waals surface area (Å²) in [6.45, 7) is 10.4. The lowest BCUT2D eigenvalue weighted by Gasteiger charge is -2.40. The molecule has 2 aliphatic rings. The molecule has 2 aliphatic heterocycles. The Morgan fingerprint density at radius 3 is 2.53 bits per heavy atom. The van der Waals surface area contributed by atoms with Gasteiger partial charge in [0.1, 0.15) is 0 Å². The van der Waals surface area contributed by atoms with Crippen molar-refractivity contribution in [3.63, 3.8) is 0 Å². The van der Waals surface area contributed by atoms with E-state index in [0.29, 0.717) is 17.6 Å². The zero-order valence-corrected chi connectivity index (χ0v) is 11.4. The quantitative estimate of drug-likeness (QED) is 0.788. The molecule has 0 aromatic heterocycles. The molecule has 17 heavy (non-hydrogen) atoms. The van der Waals surface area contributed by atoms with Crippen molar-refractivity contribution in [3.05, 3.63) is 0 Å². The molecule has 3 atom stereocenters. The summed E-state index contributed by atoms with van der Waals surface area (Å²) in [5.74, 6) is 0. The maximum Gasteiger partial charge on any atom is 0.0678 e. The van der Waals surface area contributed by atoms with Crippen LogP contribution in [0.4, 0.5) is 0 Å². The third kappa shape index (κ3) is 3.41. The van der Waals surface area contributed by atoms with Gasteiger partial charge in [0.2, 0.25) is 0 Å². The molecule has 4 nitrogen and oxygen atoms in total. The summed E-state index contributed by atoms with van der Waals surface area (Å²) in [5, 5.41) is 3.32. The van der Waals surface area contributed by atoms with E-state index >= 15 is 0 Å². The van der Waals surface area contributed by atoms with Crippen molar-refractivity contribution in [2.24, 2.45) is 5.41 Å². The zero-order chi connectivity index (χ0) is 12.3. The van der Waals surface area contributed by atoms with Crippen LogP contribution in [-0.2, 0) is 9.47 Å². The van der Waals surface area contributed by atoms with Gasteiger partial charge in [-0.05, 0) is 27.3 Å². The highest BCUT2D eigenvalue weighted by Crippen LogP contribution is 2.30. The van der Waals surface area contributed by atoms with Crippen LogP contribution in [0.2, 0.25) is 0 Å². The molecule has 1 unspecified atom stereocenters. The summed E-state index contributed by atoms with van der Waals surface area (Å²) < 4.78 is 11.4. The van der Waals surface area contributed by atoms with E-state index in [-0.39, 0.29) is 0 Å². The second-order valence-electron chi connectivity index (χ2n) is 5.78. The van der Waals surface area contributed by atoms with Crippen LogP contribution in [0.3, 0.4) is 0 Å². The van der Waals surface area contributed by atoms with Crippen molar-refractivity contribution < 1.29 is 9.47 Å². The Kier molecular flexibility index (Phi) is 4.42. The number of nitrogens with zero attached hydrogens (tertiary/aromatic N) is 1. The van der Waals surface area contributed by atoms with Gasteiger partial charge in [-0.1, -0.05) is 0 Å². The molecule has 0 aliphatic carbocycles. The van der Waals surface area contributed by atoms with Gasteiger partial charge in [-0.2, -0.15) is 0 Å². The zero-order valence-electron chi connectivity index (χ0n) is 11.4. The minimum Gasteiger partial charge on any atom is -0.381 e. The van der Waals surface area contributed by atoms with Gasteiger partial charge < -0.3 is 14.8 Å². The molecule has 2 heterocycles. The van der Waals surface area contributed by atoms with Crippen LogP contribution in [0.5, 0.6) is 0 Å². The maximum atomic E-state index is 5.79. The second kappa shape index (κ2) is 5.65. The van der Waals surface area contributed by atoms with E-state index in [0.717, 1.165) is 39.4 Å². The van der Waals surface area contributed by atoms with E-state index in [1.165, 1.54) is 6.42 Å². The fraction of sp³-hybridized carbons (Fsp3) is 1.00. The van der Waals surface area contributed by atoms with E-state index in [9.17, 15) is 0 Å². The average molecular weight is 242 g/mol. The second-order valence-corrected chi connectivity index (χ2v) is 5.78. The molecule has 0 amide bonds. The molecule has 0 bridgehead atoms. The molecule has 2 rings (SSSR count). The lowest BCUT2D eigenvalue weighted by Crippen LogP contribution is -2.51. The van der Waals surface area contributed by atoms with Crippen LogP contribution in [0.1, 0.15) is 20.3 Å². The third-order valence-corrected chi connectivity index (χ3v) is 3.79. The summed E-state index contributed by atoms with van der Waals surface area (Å²) in [6.07, 6.45) is 1.88. The summed E-state index contributed by atoms with van der Waals surface area (Å²) in [6, 6.07) is 0. The molecule has 100 valence electrons. The number of ether oxygens (including phenoxy) is 2. The van der Waals surface area contributed by atoms with Crippen LogP contribution >= 0.6 is 0 Å². The Morgan fingerprint density at radius 1 is 1.29 bits per heavy atom. The van der Waals surface area contributed by atoms with Crippen LogP contribution < -0.4 is 5.32 Å². The first kappa shape index (κ1) is 13.3. The molecule has 0 aromatic carbocycles. The summed E-state index contributed by atoms with van der Waals surface area (Å²) in [4.78, 5) is 2.55. The van der Waals surface area contributed by atoms with Gasteiger partial charge in [-0.25, -0.2) is 0 Å². The maximum absolute atomic E-state index is 5.79. The van der Waals surface area contributed by atoms with E-state index in [4.69, 9.17) is 9.47 Å². The number of nitrogens with one attached hydrogen (secondary N) is 1. The van der Waals surface area contributed by atoms with Gasteiger partial charge >= 0.3 is 0 Å². The SMILES string of the molecule is CNCC1(CN2C[C@@H](C)O[C@@H](C)C2)CCOC1. The summed E-state index contributed by atoms with van der Waals surface area (Å²) >= 11 is 0. The average Bonchev–Trinajstić information content (AvgIpc) is 2.65. The van der Waals surface area contributed by atoms with Crippen molar-refractivity contribution in [2.75, 3.05) is 46.4 Å². The molecule has 1 N–H and O–H groups in total. The van der Waals surface area contributed by atoms with Gasteiger partial charge in [0.25, 0.3) is 0 Å². The Balaban J connectivity index is 1.93. The van der Waals surface area contributed by atoms with Crippen molar-refractivity contribution in [1.82, 2.24) is 10.2 Å². The van der Waals surface area contributed by atoms with Gasteiger partial charge in [0.05, 0.1) is 18.8 Å².